The van der Waals surface area contributed by atoms with Gasteiger partial charge in [0, 0.05) is 5.56 Å². The van der Waals surface area contributed by atoms with Gasteiger partial charge >= 0.3 is 0 Å². The van der Waals surface area contributed by atoms with Crippen LogP contribution in [0.25, 0.3) is 10.8 Å². The molecule has 0 fully saturated rings. The van der Waals surface area contributed by atoms with Crippen LogP contribution < -0.4 is 10.2 Å². The minimum atomic E-state index is 0.629. The van der Waals surface area contributed by atoms with E-state index in [1.807, 2.05) is 37.4 Å². The maximum Gasteiger partial charge on any atom is 0.128 e. The molecule has 0 aliphatic carbocycles. The number of hydrogen-bond donors (Lipinski definition) is 1. The van der Waals surface area contributed by atoms with Gasteiger partial charge in [-0.25, -0.2) is 0 Å². The highest BCUT2D eigenvalue weighted by atomic mass is 16.5. The van der Waals surface area contributed by atoms with Crippen LogP contribution in [-0.2, 0) is 0 Å². The summed E-state index contributed by atoms with van der Waals surface area (Å²) >= 11 is 0. The number of anilines is 1. The molecule has 3 aromatic carbocycles. The van der Waals surface area contributed by atoms with Crippen molar-refractivity contribution in [3.05, 3.63) is 71.3 Å². The van der Waals surface area contributed by atoms with E-state index in [4.69, 9.17) is 4.74 Å². The van der Waals surface area contributed by atoms with E-state index >= 15 is 0 Å². The molecule has 0 heterocycles. The lowest BCUT2D eigenvalue weighted by molar-refractivity contribution is 0.340. The zero-order valence-electron chi connectivity index (χ0n) is 14.3. The predicted octanol–water partition coefficient (Wildman–Crippen LogP) is 5.30. The van der Waals surface area contributed by atoms with Crippen LogP contribution in [0.5, 0.6) is 5.75 Å². The van der Waals surface area contributed by atoms with Gasteiger partial charge in [-0.1, -0.05) is 36.4 Å². The Morgan fingerprint density at radius 2 is 1.83 bits per heavy atom. The van der Waals surface area contributed by atoms with Crippen LogP contribution in [0.1, 0.15) is 23.6 Å². The fourth-order valence-corrected chi connectivity index (χ4v) is 2.67. The van der Waals surface area contributed by atoms with E-state index in [1.165, 1.54) is 16.5 Å². The Balaban J connectivity index is 1.92. The van der Waals surface area contributed by atoms with Crippen LogP contribution in [0, 0.1) is 13.8 Å². The summed E-state index contributed by atoms with van der Waals surface area (Å²) in [6, 6.07) is 18.6. The lowest BCUT2D eigenvalue weighted by Crippen LogP contribution is -1.98. The second-order valence-corrected chi connectivity index (χ2v) is 5.80. The maximum atomic E-state index is 5.76. The number of nitrogens with one attached hydrogen (secondary N) is 1. The Labute approximate surface area is 143 Å². The van der Waals surface area contributed by atoms with Crippen molar-refractivity contribution in [1.82, 2.24) is 0 Å². The molecule has 3 heteroatoms. The van der Waals surface area contributed by atoms with Gasteiger partial charge in [-0.2, -0.15) is 5.10 Å². The molecule has 0 spiro atoms. The van der Waals surface area contributed by atoms with Crippen LogP contribution >= 0.6 is 0 Å². The second kappa shape index (κ2) is 7.18. The molecule has 0 unspecified atom stereocenters. The molecule has 0 bridgehead atoms. The van der Waals surface area contributed by atoms with Gasteiger partial charge in [0.05, 0.1) is 18.5 Å². The van der Waals surface area contributed by atoms with E-state index in [2.05, 4.69) is 54.7 Å². The van der Waals surface area contributed by atoms with Gasteiger partial charge in [-0.05, 0) is 60.9 Å². The number of nitrogens with zero attached hydrogens (tertiary/aromatic N) is 1. The van der Waals surface area contributed by atoms with E-state index in [9.17, 15) is 0 Å². The second-order valence-electron chi connectivity index (χ2n) is 5.80. The van der Waals surface area contributed by atoms with Crippen molar-refractivity contribution in [2.24, 2.45) is 5.10 Å². The first-order valence-corrected chi connectivity index (χ1v) is 8.20. The molecule has 0 amide bonds. The maximum absolute atomic E-state index is 5.76. The first kappa shape index (κ1) is 16.1. The summed E-state index contributed by atoms with van der Waals surface area (Å²) in [7, 11) is 0. The molecule has 122 valence electrons. The van der Waals surface area contributed by atoms with Crippen LogP contribution in [0.3, 0.4) is 0 Å². The highest BCUT2D eigenvalue weighted by Gasteiger charge is 2.06. The van der Waals surface area contributed by atoms with Gasteiger partial charge in [-0.15, -0.1) is 0 Å². The quantitative estimate of drug-likeness (QED) is 0.511. The standard InChI is InChI=1S/C21H22N2O/c1-4-24-21-12-10-17-7-5-6-8-19(17)20(21)14-22-23-18-11-9-15(2)16(3)13-18/h5-14,23H,4H2,1-3H3/b22-14+. The zero-order chi connectivity index (χ0) is 16.9. The third-order valence-corrected chi connectivity index (χ3v) is 4.12. The fraction of sp³-hybridized carbons (Fsp3) is 0.190. The van der Waals surface area contributed by atoms with Crippen molar-refractivity contribution < 1.29 is 4.74 Å². The summed E-state index contributed by atoms with van der Waals surface area (Å²) in [5, 5.41) is 6.73. The third-order valence-electron chi connectivity index (χ3n) is 4.12. The lowest BCUT2D eigenvalue weighted by atomic mass is 10.0. The van der Waals surface area contributed by atoms with E-state index in [-0.39, 0.29) is 0 Å². The summed E-state index contributed by atoms with van der Waals surface area (Å²) in [6.45, 7) is 6.82. The zero-order valence-corrected chi connectivity index (χ0v) is 14.3. The summed E-state index contributed by atoms with van der Waals surface area (Å²) in [4.78, 5) is 0. The summed E-state index contributed by atoms with van der Waals surface area (Å²) in [5.41, 5.74) is 7.60. The molecule has 24 heavy (non-hydrogen) atoms. The molecule has 3 aromatic rings. The van der Waals surface area contributed by atoms with Crippen molar-refractivity contribution in [3.8, 4) is 5.75 Å². The molecule has 0 aromatic heterocycles. The SMILES string of the molecule is CCOc1ccc2ccccc2c1/C=N/Nc1ccc(C)c(C)c1. The van der Waals surface area contributed by atoms with E-state index in [0.717, 1.165) is 22.4 Å². The molecule has 0 atom stereocenters. The van der Waals surface area contributed by atoms with Gasteiger partial charge < -0.3 is 4.74 Å². The van der Waals surface area contributed by atoms with Gasteiger partial charge in [0.15, 0.2) is 0 Å². The fourth-order valence-electron chi connectivity index (χ4n) is 2.67. The minimum absolute atomic E-state index is 0.629. The van der Waals surface area contributed by atoms with Gasteiger partial charge in [-0.3, -0.25) is 5.43 Å². The number of ether oxygens (including phenoxy) is 1. The first-order valence-electron chi connectivity index (χ1n) is 8.20. The predicted molar refractivity (Wildman–Crippen MR) is 102 cm³/mol. The average molecular weight is 318 g/mol. The third kappa shape index (κ3) is 3.40. The number of aryl methyl sites for hydroxylation is 2. The molecule has 1 N–H and O–H groups in total. The average Bonchev–Trinajstić information content (AvgIpc) is 2.60. The van der Waals surface area contributed by atoms with Crippen LogP contribution in [0.4, 0.5) is 5.69 Å². The molecule has 0 aliphatic heterocycles. The number of rotatable bonds is 5. The molecule has 0 radical (unpaired) electrons. The Kier molecular flexibility index (Phi) is 4.80. The number of hydrogen-bond acceptors (Lipinski definition) is 3. The largest absolute Gasteiger partial charge is 0.493 e. The Bertz CT molecular complexity index is 884. The number of fused-ring (bicyclic) bond motifs is 1. The molecule has 3 rings (SSSR count). The summed E-state index contributed by atoms with van der Waals surface area (Å²) in [6.07, 6.45) is 1.84. The Morgan fingerprint density at radius 3 is 2.62 bits per heavy atom. The molecular formula is C21H22N2O. The molecule has 0 saturated heterocycles. The minimum Gasteiger partial charge on any atom is -0.493 e. The molecule has 0 saturated carbocycles. The smallest absolute Gasteiger partial charge is 0.128 e. The highest BCUT2D eigenvalue weighted by Crippen LogP contribution is 2.26. The van der Waals surface area contributed by atoms with E-state index < -0.39 is 0 Å². The molecule has 3 nitrogen and oxygen atoms in total. The van der Waals surface area contributed by atoms with E-state index in [1.54, 1.807) is 0 Å². The number of hydrazone groups is 1. The summed E-state index contributed by atoms with van der Waals surface area (Å²) < 4.78 is 5.76. The number of benzene rings is 3. The molecular weight excluding hydrogens is 296 g/mol. The highest BCUT2D eigenvalue weighted by molar-refractivity contribution is 6.02. The molecule has 0 aliphatic rings. The monoisotopic (exact) mass is 318 g/mol. The normalized spacial score (nSPS) is 11.1. The van der Waals surface area contributed by atoms with Gasteiger partial charge in [0.1, 0.15) is 5.75 Å². The van der Waals surface area contributed by atoms with E-state index in [0.29, 0.717) is 6.61 Å². The summed E-state index contributed by atoms with van der Waals surface area (Å²) in [5.74, 6) is 0.849. The van der Waals surface area contributed by atoms with Crippen molar-refractivity contribution >= 4 is 22.7 Å². The first-order chi connectivity index (χ1) is 11.7. The van der Waals surface area contributed by atoms with Crippen molar-refractivity contribution in [2.75, 3.05) is 12.0 Å². The lowest BCUT2D eigenvalue weighted by Gasteiger charge is -2.10. The van der Waals surface area contributed by atoms with Crippen LogP contribution in [0.15, 0.2) is 59.7 Å². The van der Waals surface area contributed by atoms with Gasteiger partial charge in [0.25, 0.3) is 0 Å². The Morgan fingerprint density at radius 1 is 1.00 bits per heavy atom. The van der Waals surface area contributed by atoms with Crippen LogP contribution in [-0.4, -0.2) is 12.8 Å². The topological polar surface area (TPSA) is 33.6 Å². The van der Waals surface area contributed by atoms with Crippen molar-refractivity contribution in [3.63, 3.8) is 0 Å². The van der Waals surface area contributed by atoms with Gasteiger partial charge in [0.2, 0.25) is 0 Å². The van der Waals surface area contributed by atoms with Crippen LogP contribution in [0.2, 0.25) is 0 Å². The van der Waals surface area contributed by atoms with Crippen molar-refractivity contribution in [2.45, 2.75) is 20.8 Å². The van der Waals surface area contributed by atoms with Crippen molar-refractivity contribution in [1.29, 1.82) is 0 Å². The Hall–Kier alpha value is -2.81.